The van der Waals surface area contributed by atoms with Crippen LogP contribution in [0.25, 0.3) is 0 Å². The van der Waals surface area contributed by atoms with Crippen LogP contribution in [-0.2, 0) is 16.1 Å². The van der Waals surface area contributed by atoms with Gasteiger partial charge in [0, 0.05) is 22.4 Å². The van der Waals surface area contributed by atoms with E-state index in [-0.39, 0.29) is 33.9 Å². The Labute approximate surface area is 201 Å². The molecule has 1 aliphatic carbocycles. The maximum Gasteiger partial charge on any atom is 0.337 e. The number of rotatable bonds is 4. The highest BCUT2D eigenvalue weighted by Gasteiger charge is 2.72. The van der Waals surface area contributed by atoms with Crippen LogP contribution in [-0.4, -0.2) is 29.9 Å². The molecule has 2 aliphatic rings. The molecule has 8 heteroatoms. The molecule has 1 heterocycles. The van der Waals surface area contributed by atoms with Gasteiger partial charge in [-0.2, -0.15) is 0 Å². The molecule has 3 aromatic carbocycles. The Morgan fingerprint density at radius 1 is 1.03 bits per heavy atom. The molecular formula is C27H24N2O6. The van der Waals surface area contributed by atoms with Gasteiger partial charge in [-0.3, -0.25) is 9.59 Å². The third-order valence-electron chi connectivity index (χ3n) is 6.74. The molecule has 0 saturated heterocycles. The van der Waals surface area contributed by atoms with Crippen molar-refractivity contribution in [1.82, 2.24) is 5.32 Å². The number of nitrogens with one attached hydrogen (secondary N) is 1. The lowest BCUT2D eigenvalue weighted by molar-refractivity contribution is -0.169. The predicted octanol–water partition coefficient (Wildman–Crippen LogP) is 3.24. The van der Waals surface area contributed by atoms with Gasteiger partial charge in [-0.25, -0.2) is 4.79 Å². The van der Waals surface area contributed by atoms with E-state index >= 15 is 0 Å². The second-order valence-corrected chi connectivity index (χ2v) is 9.03. The minimum Gasteiger partial charge on any atom is -0.465 e. The van der Waals surface area contributed by atoms with Gasteiger partial charge >= 0.3 is 5.97 Å². The molecule has 0 bridgehead atoms. The van der Waals surface area contributed by atoms with Gasteiger partial charge in [0.05, 0.1) is 18.2 Å². The first-order chi connectivity index (χ1) is 16.6. The molecule has 1 amide bonds. The number of carbonyl (C=O) groups excluding carboxylic acids is 3. The number of benzene rings is 3. The van der Waals surface area contributed by atoms with Crippen molar-refractivity contribution < 1.29 is 29.0 Å². The van der Waals surface area contributed by atoms with Crippen LogP contribution < -0.4 is 15.8 Å². The van der Waals surface area contributed by atoms with Crippen LogP contribution >= 0.6 is 0 Å². The molecule has 0 fully saturated rings. The molecule has 178 valence electrons. The molecule has 0 saturated carbocycles. The summed E-state index contributed by atoms with van der Waals surface area (Å²) in [5.41, 5.74) is 6.38. The summed E-state index contributed by atoms with van der Waals surface area (Å²) < 4.78 is 10.8. The largest absolute Gasteiger partial charge is 0.465 e. The van der Waals surface area contributed by atoms with Crippen molar-refractivity contribution in [2.75, 3.05) is 12.8 Å². The average Bonchev–Trinajstić information content (AvgIpc) is 3.21. The number of aliphatic hydroxyl groups is 1. The standard InChI is InChI=1S/C27H24N2O6/c1-14(2)17-11-12-18-21(13-17)35-27(33)19-5-4-6-20(28)22(19)23(30)26(18,27)29-24(31)15-7-9-16(10-8-15)25(32)34-3/h4-14,33H,28H2,1-3H3,(H,29,31). The molecule has 0 spiro atoms. The quantitative estimate of drug-likeness (QED) is 0.393. The fourth-order valence-electron chi connectivity index (χ4n) is 4.86. The molecule has 0 aromatic heterocycles. The Morgan fingerprint density at radius 2 is 1.71 bits per heavy atom. The summed E-state index contributed by atoms with van der Waals surface area (Å²) in [5.74, 6) is -3.46. The number of methoxy groups -OCH3 is 1. The predicted molar refractivity (Wildman–Crippen MR) is 127 cm³/mol. The van der Waals surface area contributed by atoms with Crippen molar-refractivity contribution in [2.24, 2.45) is 0 Å². The maximum atomic E-state index is 14.0. The van der Waals surface area contributed by atoms with Crippen molar-refractivity contribution in [3.05, 3.63) is 94.0 Å². The van der Waals surface area contributed by atoms with Gasteiger partial charge in [0.15, 0.2) is 0 Å². The number of amides is 1. The molecule has 5 rings (SSSR count). The number of carbonyl (C=O) groups is 3. The first kappa shape index (κ1) is 22.6. The van der Waals surface area contributed by atoms with Crippen LogP contribution in [0.1, 0.15) is 67.5 Å². The van der Waals surface area contributed by atoms with Crippen molar-refractivity contribution in [2.45, 2.75) is 31.1 Å². The lowest BCUT2D eigenvalue weighted by atomic mass is 9.82. The highest BCUT2D eigenvalue weighted by atomic mass is 16.6. The van der Waals surface area contributed by atoms with E-state index in [4.69, 9.17) is 15.2 Å². The molecule has 3 aromatic rings. The minimum atomic E-state index is -2.20. The Bertz CT molecular complexity index is 1400. The van der Waals surface area contributed by atoms with Crippen molar-refractivity contribution in [1.29, 1.82) is 0 Å². The SMILES string of the molecule is COC(=O)c1ccc(C(=O)NC23C(=O)c4c(N)cccc4C2(O)Oc2cc(C(C)C)ccc23)cc1. The zero-order valence-electron chi connectivity index (χ0n) is 19.4. The number of hydrogen-bond acceptors (Lipinski definition) is 7. The number of anilines is 1. The van der Waals surface area contributed by atoms with E-state index in [0.29, 0.717) is 11.3 Å². The number of ether oxygens (including phenoxy) is 2. The van der Waals surface area contributed by atoms with Gasteiger partial charge in [0.2, 0.25) is 11.3 Å². The number of hydrogen-bond donors (Lipinski definition) is 3. The average molecular weight is 472 g/mol. The third-order valence-corrected chi connectivity index (χ3v) is 6.74. The van der Waals surface area contributed by atoms with Crippen molar-refractivity contribution >= 4 is 23.3 Å². The number of Topliss-reactive ketones (excluding diaryl/α,β-unsaturated/α-hetero) is 1. The van der Waals surface area contributed by atoms with Crippen molar-refractivity contribution in [3.8, 4) is 5.75 Å². The zero-order chi connectivity index (χ0) is 25.1. The number of ketones is 1. The second kappa shape index (κ2) is 7.68. The topological polar surface area (TPSA) is 128 Å². The van der Waals surface area contributed by atoms with Crippen molar-refractivity contribution in [3.63, 3.8) is 0 Å². The number of esters is 1. The second-order valence-electron chi connectivity index (χ2n) is 9.03. The maximum absolute atomic E-state index is 14.0. The smallest absolute Gasteiger partial charge is 0.337 e. The first-order valence-corrected chi connectivity index (χ1v) is 11.1. The molecule has 1 aliphatic heterocycles. The van der Waals surface area contributed by atoms with Crippen LogP contribution in [0.4, 0.5) is 5.69 Å². The summed E-state index contributed by atoms with van der Waals surface area (Å²) in [5, 5.41) is 14.7. The summed E-state index contributed by atoms with van der Waals surface area (Å²) >= 11 is 0. The normalized spacial score (nSPS) is 21.7. The molecule has 2 unspecified atom stereocenters. The van der Waals surface area contributed by atoms with E-state index in [1.165, 1.54) is 31.4 Å². The fourth-order valence-corrected chi connectivity index (χ4v) is 4.86. The van der Waals surface area contributed by atoms with E-state index in [9.17, 15) is 19.5 Å². The summed E-state index contributed by atoms with van der Waals surface area (Å²) in [7, 11) is 1.26. The molecular weight excluding hydrogens is 448 g/mol. The summed E-state index contributed by atoms with van der Waals surface area (Å²) in [6, 6.07) is 15.8. The fraction of sp³-hybridized carbons (Fsp3) is 0.222. The van der Waals surface area contributed by atoms with E-state index in [2.05, 4.69) is 5.32 Å². The Morgan fingerprint density at radius 3 is 2.37 bits per heavy atom. The number of nitrogen functional groups attached to an aromatic ring is 1. The molecule has 8 nitrogen and oxygen atoms in total. The van der Waals surface area contributed by atoms with Crippen LogP contribution in [0, 0.1) is 0 Å². The highest BCUT2D eigenvalue weighted by molar-refractivity contribution is 6.16. The van der Waals surface area contributed by atoms with Gasteiger partial charge in [-0.1, -0.05) is 38.1 Å². The monoisotopic (exact) mass is 472 g/mol. The summed E-state index contributed by atoms with van der Waals surface area (Å²) in [4.78, 5) is 39.1. The van der Waals surface area contributed by atoms with Gasteiger partial charge in [-0.05, 0) is 47.9 Å². The Hall–Kier alpha value is -4.17. The van der Waals surface area contributed by atoms with Crippen LogP contribution in [0.5, 0.6) is 5.75 Å². The van der Waals surface area contributed by atoms with Crippen LogP contribution in [0.3, 0.4) is 0 Å². The van der Waals surface area contributed by atoms with Crippen LogP contribution in [0.15, 0.2) is 60.7 Å². The van der Waals surface area contributed by atoms with E-state index in [1.807, 2.05) is 19.9 Å². The third kappa shape index (κ3) is 2.99. The van der Waals surface area contributed by atoms with Crippen LogP contribution in [0.2, 0.25) is 0 Å². The minimum absolute atomic E-state index is 0.106. The zero-order valence-corrected chi connectivity index (χ0v) is 19.4. The lowest BCUT2D eigenvalue weighted by Gasteiger charge is -2.34. The highest BCUT2D eigenvalue weighted by Crippen LogP contribution is 2.59. The lowest BCUT2D eigenvalue weighted by Crippen LogP contribution is -2.60. The van der Waals surface area contributed by atoms with Gasteiger partial charge in [0.25, 0.3) is 11.7 Å². The first-order valence-electron chi connectivity index (χ1n) is 11.1. The Balaban J connectivity index is 1.65. The summed E-state index contributed by atoms with van der Waals surface area (Å²) in [6.45, 7) is 4.03. The summed E-state index contributed by atoms with van der Waals surface area (Å²) in [6.07, 6.45) is 0. The molecule has 35 heavy (non-hydrogen) atoms. The Kier molecular flexibility index (Phi) is 4.96. The molecule has 4 N–H and O–H groups in total. The van der Waals surface area contributed by atoms with Gasteiger partial charge < -0.3 is 25.6 Å². The van der Waals surface area contributed by atoms with E-state index < -0.39 is 29.0 Å². The van der Waals surface area contributed by atoms with E-state index in [1.54, 1.807) is 30.3 Å². The number of nitrogens with two attached hydrogens (primary N) is 1. The number of fused-ring (bicyclic) bond motifs is 5. The van der Waals surface area contributed by atoms with Gasteiger partial charge in [0.1, 0.15) is 5.75 Å². The van der Waals surface area contributed by atoms with E-state index in [0.717, 1.165) is 5.56 Å². The van der Waals surface area contributed by atoms with Gasteiger partial charge in [-0.15, -0.1) is 0 Å². The molecule has 2 atom stereocenters. The molecule has 0 radical (unpaired) electrons.